The number of carbonyl (C=O) groups excluding carboxylic acids is 3. The van der Waals surface area contributed by atoms with Gasteiger partial charge >= 0.3 is 18.3 Å². The van der Waals surface area contributed by atoms with Gasteiger partial charge in [0.1, 0.15) is 12.6 Å². The van der Waals surface area contributed by atoms with E-state index in [0.29, 0.717) is 11.8 Å². The topological polar surface area (TPSA) is 111 Å². The molecule has 34 heavy (non-hydrogen) atoms. The number of benzene rings is 1. The molecule has 16 heteroatoms. The zero-order valence-electron chi connectivity index (χ0n) is 17.2. The lowest BCUT2D eigenvalue weighted by atomic mass is 10.0. The highest BCUT2D eigenvalue weighted by atomic mass is 19.4. The number of rotatable bonds is 6. The summed E-state index contributed by atoms with van der Waals surface area (Å²) in [6.07, 6.45) is -10.8. The Kier molecular flexibility index (Phi) is 7.35. The van der Waals surface area contributed by atoms with Gasteiger partial charge in [-0.05, 0) is 19.1 Å². The fourth-order valence-corrected chi connectivity index (χ4v) is 2.82. The molecule has 190 valence electrons. The maximum Gasteiger partial charge on any atom is 0.455 e. The Bertz CT molecular complexity index is 949. The van der Waals surface area contributed by atoms with Crippen LogP contribution in [0.15, 0.2) is 24.3 Å². The first-order valence-corrected chi connectivity index (χ1v) is 9.33. The van der Waals surface area contributed by atoms with Crippen LogP contribution in [0, 0.1) is 0 Å². The van der Waals surface area contributed by atoms with Crippen molar-refractivity contribution in [2.24, 2.45) is 0 Å². The molecule has 1 aromatic rings. The number of para-hydroxylation sites is 2. The molecule has 3 amide bonds. The van der Waals surface area contributed by atoms with Crippen molar-refractivity contribution < 1.29 is 54.6 Å². The third-order valence-corrected chi connectivity index (χ3v) is 4.67. The molecule has 1 heterocycles. The zero-order valence-corrected chi connectivity index (χ0v) is 17.2. The molecular formula is C18H18F8N4O4. The minimum absolute atomic E-state index is 0.0348. The van der Waals surface area contributed by atoms with Crippen LogP contribution < -0.4 is 20.9 Å². The van der Waals surface area contributed by atoms with Crippen LogP contribution in [0.3, 0.4) is 0 Å². The van der Waals surface area contributed by atoms with Crippen molar-refractivity contribution in [3.63, 3.8) is 0 Å². The van der Waals surface area contributed by atoms with Crippen LogP contribution in [0.4, 0.5) is 46.5 Å². The highest BCUT2D eigenvalue weighted by Crippen LogP contribution is 2.35. The molecule has 1 unspecified atom stereocenters. The Labute approximate surface area is 186 Å². The third-order valence-electron chi connectivity index (χ3n) is 4.67. The van der Waals surface area contributed by atoms with E-state index >= 15 is 0 Å². The molecule has 0 fully saturated rings. The van der Waals surface area contributed by atoms with E-state index in [9.17, 15) is 54.6 Å². The van der Waals surface area contributed by atoms with Crippen molar-refractivity contribution >= 4 is 29.1 Å². The average molecular weight is 506 g/mol. The summed E-state index contributed by atoms with van der Waals surface area (Å²) in [5.74, 6) is -10.1. The Morgan fingerprint density at radius 2 is 1.68 bits per heavy atom. The molecule has 8 nitrogen and oxygen atoms in total. The normalized spacial score (nSPS) is 18.8. The molecule has 0 saturated heterocycles. The largest absolute Gasteiger partial charge is 0.455 e. The molecule has 1 aliphatic rings. The Morgan fingerprint density at radius 3 is 2.24 bits per heavy atom. The van der Waals surface area contributed by atoms with E-state index in [0.717, 1.165) is 5.32 Å². The fraction of sp³-hybridized carbons (Fsp3) is 0.500. The molecular weight excluding hydrogens is 488 g/mol. The van der Waals surface area contributed by atoms with Crippen molar-refractivity contribution in [2.45, 2.75) is 36.8 Å². The number of nitrogens with one attached hydrogen (secondary N) is 3. The van der Waals surface area contributed by atoms with Gasteiger partial charge in [-0.2, -0.15) is 35.1 Å². The molecule has 2 rings (SSSR count). The van der Waals surface area contributed by atoms with Crippen molar-refractivity contribution in [1.29, 1.82) is 0 Å². The molecule has 1 aliphatic heterocycles. The number of amides is 3. The van der Waals surface area contributed by atoms with Crippen molar-refractivity contribution in [3.05, 3.63) is 24.3 Å². The first-order chi connectivity index (χ1) is 15.3. The summed E-state index contributed by atoms with van der Waals surface area (Å²) >= 11 is 0. The maximum absolute atomic E-state index is 13.0. The molecule has 0 aromatic heterocycles. The van der Waals surface area contributed by atoms with Crippen LogP contribution in [-0.4, -0.2) is 72.4 Å². The predicted molar refractivity (Wildman–Crippen MR) is 99.9 cm³/mol. The van der Waals surface area contributed by atoms with Crippen LogP contribution in [-0.2, 0) is 14.4 Å². The zero-order chi connectivity index (χ0) is 26.1. The Balaban J connectivity index is 2.18. The summed E-state index contributed by atoms with van der Waals surface area (Å²) < 4.78 is 102. The number of alkyl halides is 8. The Morgan fingerprint density at radius 1 is 1.09 bits per heavy atom. The molecule has 4 N–H and O–H groups in total. The van der Waals surface area contributed by atoms with E-state index < -0.39 is 67.3 Å². The van der Waals surface area contributed by atoms with E-state index in [4.69, 9.17) is 0 Å². The number of carbonyl (C=O) groups is 3. The monoisotopic (exact) mass is 506 g/mol. The first kappa shape index (κ1) is 27.1. The van der Waals surface area contributed by atoms with Crippen LogP contribution >= 0.6 is 0 Å². The fourth-order valence-electron chi connectivity index (χ4n) is 2.82. The van der Waals surface area contributed by atoms with E-state index in [1.54, 1.807) is 0 Å². The lowest BCUT2D eigenvalue weighted by Gasteiger charge is -2.29. The average Bonchev–Trinajstić information content (AvgIpc) is 2.80. The molecule has 0 radical (unpaired) electrons. The SMILES string of the molecule is CC(O)(C(=O)NCC(F)(F)C(F)(F)F)C(=O)N[C@H]1CN(CC(F)(F)F)c2ccccc2NC1=O. The van der Waals surface area contributed by atoms with Gasteiger partial charge in [0.2, 0.25) is 11.5 Å². The van der Waals surface area contributed by atoms with Gasteiger partial charge in [-0.1, -0.05) is 12.1 Å². The minimum Gasteiger partial charge on any atom is -0.372 e. The summed E-state index contributed by atoms with van der Waals surface area (Å²) in [5, 5.41) is 15.3. The molecule has 0 aliphatic carbocycles. The van der Waals surface area contributed by atoms with Gasteiger partial charge in [-0.15, -0.1) is 0 Å². The second kappa shape index (κ2) is 9.23. The lowest BCUT2D eigenvalue weighted by molar-refractivity contribution is -0.278. The van der Waals surface area contributed by atoms with Gasteiger partial charge in [-0.3, -0.25) is 14.4 Å². The van der Waals surface area contributed by atoms with Crippen molar-refractivity contribution in [1.82, 2.24) is 10.6 Å². The summed E-state index contributed by atoms with van der Waals surface area (Å²) in [6, 6.07) is 3.56. The van der Waals surface area contributed by atoms with Crippen LogP contribution in [0.2, 0.25) is 0 Å². The first-order valence-electron chi connectivity index (χ1n) is 9.33. The second-order valence-electron chi connectivity index (χ2n) is 7.49. The van der Waals surface area contributed by atoms with Crippen molar-refractivity contribution in [3.8, 4) is 0 Å². The van der Waals surface area contributed by atoms with E-state index in [1.807, 2.05) is 5.32 Å². The number of hydrogen-bond acceptors (Lipinski definition) is 5. The Hall–Kier alpha value is -3.17. The van der Waals surface area contributed by atoms with Crippen molar-refractivity contribution in [2.75, 3.05) is 29.9 Å². The van der Waals surface area contributed by atoms with E-state index in [2.05, 4.69) is 5.32 Å². The van der Waals surface area contributed by atoms with Gasteiger partial charge in [0.15, 0.2) is 0 Å². The number of hydrogen-bond donors (Lipinski definition) is 4. The third kappa shape index (κ3) is 6.24. The van der Waals surface area contributed by atoms with E-state index in [1.165, 1.54) is 24.3 Å². The molecule has 2 atom stereocenters. The van der Waals surface area contributed by atoms with Gasteiger partial charge in [-0.25, -0.2) is 0 Å². The molecule has 0 spiro atoms. The summed E-state index contributed by atoms with van der Waals surface area (Å²) in [6.45, 7) is -4.18. The summed E-state index contributed by atoms with van der Waals surface area (Å²) in [4.78, 5) is 37.4. The highest BCUT2D eigenvalue weighted by molar-refractivity contribution is 6.10. The minimum atomic E-state index is -6.02. The van der Waals surface area contributed by atoms with Crippen LogP contribution in [0.1, 0.15) is 6.92 Å². The number of halogens is 8. The maximum atomic E-state index is 13.0. The number of aliphatic hydroxyl groups is 1. The number of nitrogens with zero attached hydrogens (tertiary/aromatic N) is 1. The second-order valence-corrected chi connectivity index (χ2v) is 7.49. The summed E-state index contributed by atoms with van der Waals surface area (Å²) in [7, 11) is 0. The van der Waals surface area contributed by atoms with Gasteiger partial charge in [0.05, 0.1) is 17.9 Å². The quantitative estimate of drug-likeness (QED) is 0.346. The van der Waals surface area contributed by atoms with Crippen LogP contribution in [0.5, 0.6) is 0 Å². The van der Waals surface area contributed by atoms with E-state index in [-0.39, 0.29) is 11.4 Å². The van der Waals surface area contributed by atoms with Gasteiger partial charge in [0, 0.05) is 6.54 Å². The van der Waals surface area contributed by atoms with Gasteiger partial charge in [0.25, 0.3) is 11.8 Å². The summed E-state index contributed by atoms with van der Waals surface area (Å²) in [5.41, 5.74) is -3.34. The standard InChI is InChI=1S/C18H18F8N4O4/c1-15(34,13(32)27-7-16(19,20)18(24,25)26)14(33)29-10-6-30(8-17(21,22)23)11-5-3-2-4-9(11)28-12(10)31/h2-5,10,34H,6-8H2,1H3,(H,27,32)(H,28,31)(H,29,33)/t10-,15?/m0/s1. The van der Waals surface area contributed by atoms with Gasteiger partial charge < -0.3 is 26.0 Å². The smallest absolute Gasteiger partial charge is 0.372 e. The number of anilines is 2. The van der Waals surface area contributed by atoms with Crippen LogP contribution in [0.25, 0.3) is 0 Å². The lowest BCUT2D eigenvalue weighted by Crippen LogP contribution is -2.61. The highest BCUT2D eigenvalue weighted by Gasteiger charge is 2.58. The molecule has 1 aromatic carbocycles. The molecule has 0 saturated carbocycles. The predicted octanol–water partition coefficient (Wildman–Crippen LogP) is 1.56. The number of fused-ring (bicyclic) bond motifs is 1. The molecule has 0 bridgehead atoms.